The summed E-state index contributed by atoms with van der Waals surface area (Å²) in [6.45, 7) is 0.485. The van der Waals surface area contributed by atoms with Crippen LogP contribution >= 0.6 is 0 Å². The van der Waals surface area contributed by atoms with E-state index in [2.05, 4.69) is 6.92 Å². The summed E-state index contributed by atoms with van der Waals surface area (Å²) in [7, 11) is -5.06. The van der Waals surface area contributed by atoms with Gasteiger partial charge >= 0.3 is 41.9 Å². The molecule has 32 heavy (non-hydrogen) atoms. The summed E-state index contributed by atoms with van der Waals surface area (Å²) in [6.07, 6.45) is 10.7. The molecule has 11 heteroatoms. The molecule has 1 atom stereocenters. The van der Waals surface area contributed by atoms with Crippen LogP contribution in [0.3, 0.4) is 0 Å². The molecule has 0 rings (SSSR count). The number of hydrogen-bond donors (Lipinski definition) is 1. The van der Waals surface area contributed by atoms with E-state index in [0.29, 0.717) is 6.42 Å². The van der Waals surface area contributed by atoms with Gasteiger partial charge < -0.3 is 9.87 Å². The van der Waals surface area contributed by atoms with Crippen molar-refractivity contribution in [1.82, 2.24) is 5.32 Å². The second-order valence-electron chi connectivity index (χ2n) is 8.15. The smallest absolute Gasteiger partial charge is 0.747 e. The molecule has 0 aromatic carbocycles. The van der Waals surface area contributed by atoms with Crippen molar-refractivity contribution in [2.75, 3.05) is 6.54 Å². The molecule has 0 fully saturated rings. The van der Waals surface area contributed by atoms with Gasteiger partial charge in [0.1, 0.15) is 15.4 Å². The maximum Gasteiger partial charge on any atom is 1.00 e. The Hall–Kier alpha value is 0.1000. The Bertz CT molecular complexity index is 580. The molecule has 1 amide bonds. The van der Waals surface area contributed by atoms with E-state index in [4.69, 9.17) is 0 Å². The van der Waals surface area contributed by atoms with Gasteiger partial charge in [-0.15, -0.1) is 0 Å². The summed E-state index contributed by atoms with van der Waals surface area (Å²) in [4.78, 5) is 11.8. The summed E-state index contributed by atoms with van der Waals surface area (Å²) in [5, 5.41) is -0.581. The SMILES string of the molecule is CCCCCCCCCCCCCCCCC(C(=O)NCC(F)(F)C(F)F)S(=O)(=O)[O-].[Na+]. The standard InChI is InChI=1S/C21H39F4NO4S.Na/c1-2-3-4-5-6-7-8-9-10-11-12-13-14-15-16-18(31(28,29)30)19(27)26-17-21(24,25)20(22)23;/h18,20H,2-17H2,1H3,(H,26,27)(H,28,29,30);/q;+1/p-1. The van der Waals surface area contributed by atoms with Crippen molar-refractivity contribution in [3.8, 4) is 0 Å². The largest absolute Gasteiger partial charge is 1.00 e. The molecule has 0 saturated heterocycles. The fourth-order valence-electron chi connectivity index (χ4n) is 3.33. The quantitative estimate of drug-likeness (QED) is 0.121. The average molecular weight is 500 g/mol. The zero-order chi connectivity index (χ0) is 23.8. The molecule has 0 radical (unpaired) electrons. The van der Waals surface area contributed by atoms with Gasteiger partial charge in [-0.2, -0.15) is 8.78 Å². The number of hydrogen-bond acceptors (Lipinski definition) is 4. The van der Waals surface area contributed by atoms with Crippen LogP contribution in [-0.4, -0.2) is 43.0 Å². The molecule has 5 nitrogen and oxygen atoms in total. The van der Waals surface area contributed by atoms with Gasteiger partial charge in [0.2, 0.25) is 5.91 Å². The number of amides is 1. The number of carbonyl (C=O) groups excluding carboxylic acids is 1. The topological polar surface area (TPSA) is 86.3 Å². The predicted molar refractivity (Wildman–Crippen MR) is 112 cm³/mol. The molecule has 0 spiro atoms. The first-order chi connectivity index (χ1) is 14.5. The molecule has 186 valence electrons. The molecular weight excluding hydrogens is 461 g/mol. The summed E-state index contributed by atoms with van der Waals surface area (Å²) in [5.41, 5.74) is 0. The van der Waals surface area contributed by atoms with Gasteiger partial charge in [-0.1, -0.05) is 96.8 Å². The van der Waals surface area contributed by atoms with Gasteiger partial charge in [-0.3, -0.25) is 4.79 Å². The molecule has 0 bridgehead atoms. The molecule has 1 unspecified atom stereocenters. The van der Waals surface area contributed by atoms with Crippen LogP contribution in [0.2, 0.25) is 0 Å². The third kappa shape index (κ3) is 17.6. The third-order valence-electron chi connectivity index (χ3n) is 5.28. The zero-order valence-electron chi connectivity index (χ0n) is 19.5. The maximum atomic E-state index is 12.9. The minimum atomic E-state index is -5.06. The van der Waals surface area contributed by atoms with E-state index in [1.54, 1.807) is 0 Å². The van der Waals surface area contributed by atoms with Crippen LogP contribution in [-0.2, 0) is 14.9 Å². The Kier molecular flexibility index (Phi) is 20.8. The predicted octanol–water partition coefficient (Wildman–Crippen LogP) is 2.79. The van der Waals surface area contributed by atoms with E-state index in [1.165, 1.54) is 56.7 Å². The van der Waals surface area contributed by atoms with E-state index in [9.17, 15) is 35.3 Å². The van der Waals surface area contributed by atoms with E-state index >= 15 is 0 Å². The number of nitrogens with one attached hydrogen (secondary N) is 1. The van der Waals surface area contributed by atoms with Crippen LogP contribution in [0, 0.1) is 0 Å². The van der Waals surface area contributed by atoms with Crippen LogP contribution in [0.4, 0.5) is 17.6 Å². The summed E-state index contributed by atoms with van der Waals surface area (Å²) in [6, 6.07) is 0. The van der Waals surface area contributed by atoms with Gasteiger partial charge in [-0.05, 0) is 6.42 Å². The fourth-order valence-corrected chi connectivity index (χ4v) is 4.13. The minimum Gasteiger partial charge on any atom is -0.747 e. The van der Waals surface area contributed by atoms with Crippen molar-refractivity contribution in [3.05, 3.63) is 0 Å². The first-order valence-corrected chi connectivity index (χ1v) is 12.9. The average Bonchev–Trinajstić information content (AvgIpc) is 2.68. The number of carbonyl (C=O) groups is 1. The van der Waals surface area contributed by atoms with Crippen molar-refractivity contribution < 1.29 is 64.9 Å². The summed E-state index contributed by atoms with van der Waals surface area (Å²) < 4.78 is 83.7. The Morgan fingerprint density at radius 3 is 1.56 bits per heavy atom. The van der Waals surface area contributed by atoms with Crippen LogP contribution in [0.15, 0.2) is 0 Å². The third-order valence-corrected chi connectivity index (χ3v) is 6.43. The monoisotopic (exact) mass is 499 g/mol. The van der Waals surface area contributed by atoms with Crippen molar-refractivity contribution in [1.29, 1.82) is 0 Å². The van der Waals surface area contributed by atoms with E-state index in [-0.39, 0.29) is 42.4 Å². The molecule has 1 N–H and O–H groups in total. The van der Waals surface area contributed by atoms with Crippen molar-refractivity contribution >= 4 is 16.0 Å². The Balaban J connectivity index is 0. The Morgan fingerprint density at radius 2 is 1.22 bits per heavy atom. The second kappa shape index (κ2) is 19.4. The molecule has 0 aliphatic rings. The van der Waals surface area contributed by atoms with Crippen molar-refractivity contribution in [2.24, 2.45) is 0 Å². The van der Waals surface area contributed by atoms with Crippen LogP contribution in [0.1, 0.15) is 103 Å². The maximum absolute atomic E-state index is 12.9. The van der Waals surface area contributed by atoms with Gasteiger partial charge in [-0.25, -0.2) is 17.2 Å². The molecule has 0 heterocycles. The van der Waals surface area contributed by atoms with E-state index in [0.717, 1.165) is 25.7 Å². The normalized spacial score (nSPS) is 13.1. The molecular formula is C21H38F4NNaO4S. The Labute approximate surface area is 212 Å². The van der Waals surface area contributed by atoms with E-state index in [1.807, 2.05) is 0 Å². The summed E-state index contributed by atoms with van der Waals surface area (Å²) >= 11 is 0. The number of rotatable bonds is 20. The number of halogens is 4. The molecule has 0 aromatic rings. The van der Waals surface area contributed by atoms with Gasteiger partial charge in [0.25, 0.3) is 0 Å². The molecule has 0 saturated carbocycles. The van der Waals surface area contributed by atoms with Gasteiger partial charge in [0.15, 0.2) is 0 Å². The zero-order valence-corrected chi connectivity index (χ0v) is 22.3. The summed E-state index contributed by atoms with van der Waals surface area (Å²) in [5.74, 6) is -5.94. The van der Waals surface area contributed by atoms with Crippen LogP contribution in [0.5, 0.6) is 0 Å². The molecule has 0 aromatic heterocycles. The Morgan fingerprint density at radius 1 is 0.844 bits per heavy atom. The van der Waals surface area contributed by atoms with E-state index < -0.39 is 40.2 Å². The number of unbranched alkanes of at least 4 members (excludes halogenated alkanes) is 13. The van der Waals surface area contributed by atoms with Gasteiger partial charge in [0.05, 0.1) is 6.54 Å². The molecule has 0 aliphatic heterocycles. The first kappa shape index (κ1) is 34.3. The minimum absolute atomic E-state index is 0. The number of alkyl halides is 4. The second-order valence-corrected chi connectivity index (χ2v) is 9.70. The van der Waals surface area contributed by atoms with Crippen molar-refractivity contribution in [3.63, 3.8) is 0 Å². The van der Waals surface area contributed by atoms with Gasteiger partial charge in [0, 0.05) is 0 Å². The molecule has 0 aliphatic carbocycles. The van der Waals surface area contributed by atoms with Crippen molar-refractivity contribution in [2.45, 2.75) is 121 Å². The van der Waals surface area contributed by atoms with Crippen LogP contribution in [0.25, 0.3) is 0 Å². The van der Waals surface area contributed by atoms with Crippen LogP contribution < -0.4 is 34.9 Å². The first-order valence-electron chi connectivity index (χ1n) is 11.4. The fraction of sp³-hybridized carbons (Fsp3) is 0.952.